The first-order valence-corrected chi connectivity index (χ1v) is 9.92. The molecule has 3 amide bonds. The van der Waals surface area contributed by atoms with E-state index >= 15 is 0 Å². The molecule has 0 aromatic carbocycles. The van der Waals surface area contributed by atoms with Gasteiger partial charge in [0.15, 0.2) is 5.01 Å². The third kappa shape index (κ3) is 3.21. The minimum atomic E-state index is -0.376. The summed E-state index contributed by atoms with van der Waals surface area (Å²) in [4.78, 5) is 46.9. The van der Waals surface area contributed by atoms with E-state index < -0.39 is 0 Å². The number of fused-ring (bicyclic) bond motifs is 1. The molecule has 140 valence electrons. The number of carbonyl (C=O) groups excluding carboxylic acids is 3. The third-order valence-corrected chi connectivity index (χ3v) is 6.34. The zero-order valence-corrected chi connectivity index (χ0v) is 15.6. The molecule has 3 aliphatic heterocycles. The second-order valence-electron chi connectivity index (χ2n) is 7.22. The van der Waals surface area contributed by atoms with E-state index in [1.54, 1.807) is 9.80 Å². The van der Waals surface area contributed by atoms with Crippen LogP contribution < -0.4 is 5.32 Å². The Bertz CT molecular complexity index is 730. The van der Waals surface area contributed by atoms with Gasteiger partial charge in [0.2, 0.25) is 11.8 Å². The smallest absolute Gasteiger partial charge is 0.285 e. The fourth-order valence-corrected chi connectivity index (χ4v) is 4.70. The molecule has 1 unspecified atom stereocenters. The van der Waals surface area contributed by atoms with Crippen LogP contribution in [0.5, 0.6) is 0 Å². The Morgan fingerprint density at radius 2 is 2.04 bits per heavy atom. The van der Waals surface area contributed by atoms with E-state index in [4.69, 9.17) is 0 Å². The standard InChI is InChI=1S/C17H23N5O3S/c1-11-10-26-16(19-11)17(25)22-9-15(24)21-8-14(23)20(7-13(21)22)6-12-2-4-18-5-3-12/h10,12-13,18H,2-9H2,1H3. The maximum absolute atomic E-state index is 12.8. The van der Waals surface area contributed by atoms with Crippen molar-refractivity contribution in [2.45, 2.75) is 25.9 Å². The molecule has 0 radical (unpaired) electrons. The summed E-state index contributed by atoms with van der Waals surface area (Å²) in [6.07, 6.45) is 1.73. The van der Waals surface area contributed by atoms with E-state index in [0.717, 1.165) is 31.6 Å². The van der Waals surface area contributed by atoms with E-state index in [1.165, 1.54) is 11.3 Å². The lowest BCUT2D eigenvalue weighted by atomic mass is 9.97. The van der Waals surface area contributed by atoms with Crippen molar-refractivity contribution in [2.75, 3.05) is 39.3 Å². The fourth-order valence-electron chi connectivity index (χ4n) is 3.95. The highest BCUT2D eigenvalue weighted by molar-refractivity contribution is 7.11. The normalized spacial score (nSPS) is 24.3. The Morgan fingerprint density at radius 3 is 2.73 bits per heavy atom. The topological polar surface area (TPSA) is 85.9 Å². The predicted octanol–water partition coefficient (Wildman–Crippen LogP) is -0.0962. The minimum absolute atomic E-state index is 0.0208. The fraction of sp³-hybridized carbons (Fsp3) is 0.647. The first-order chi connectivity index (χ1) is 12.5. The van der Waals surface area contributed by atoms with Gasteiger partial charge in [-0.2, -0.15) is 0 Å². The van der Waals surface area contributed by atoms with Crippen molar-refractivity contribution in [1.29, 1.82) is 0 Å². The number of hydrogen-bond donors (Lipinski definition) is 1. The average Bonchev–Trinajstić information content (AvgIpc) is 3.20. The van der Waals surface area contributed by atoms with Crippen molar-refractivity contribution in [3.05, 3.63) is 16.1 Å². The number of hydrogen-bond acceptors (Lipinski definition) is 6. The lowest BCUT2D eigenvalue weighted by Crippen LogP contribution is -2.59. The van der Waals surface area contributed by atoms with Crippen LogP contribution in [0.2, 0.25) is 0 Å². The molecule has 0 spiro atoms. The number of piperidine rings is 1. The van der Waals surface area contributed by atoms with Gasteiger partial charge in [0.05, 0.1) is 6.54 Å². The average molecular weight is 377 g/mol. The van der Waals surface area contributed by atoms with Crippen LogP contribution in [-0.2, 0) is 9.59 Å². The van der Waals surface area contributed by atoms with Gasteiger partial charge in [-0.05, 0) is 38.8 Å². The monoisotopic (exact) mass is 377 g/mol. The molecular weight excluding hydrogens is 354 g/mol. The van der Waals surface area contributed by atoms with Crippen molar-refractivity contribution < 1.29 is 14.4 Å². The van der Waals surface area contributed by atoms with E-state index in [1.807, 2.05) is 17.2 Å². The Balaban J connectivity index is 1.49. The zero-order valence-electron chi connectivity index (χ0n) is 14.8. The van der Waals surface area contributed by atoms with Crippen LogP contribution in [0.4, 0.5) is 0 Å². The second-order valence-corrected chi connectivity index (χ2v) is 8.08. The molecule has 8 nitrogen and oxygen atoms in total. The second kappa shape index (κ2) is 6.96. The number of piperazine rings is 1. The van der Waals surface area contributed by atoms with Gasteiger partial charge in [0.25, 0.3) is 5.91 Å². The molecule has 3 fully saturated rings. The Kier molecular flexibility index (Phi) is 4.66. The van der Waals surface area contributed by atoms with Gasteiger partial charge < -0.3 is 20.0 Å². The number of nitrogens with zero attached hydrogens (tertiary/aromatic N) is 4. The van der Waals surface area contributed by atoms with Gasteiger partial charge in [0.1, 0.15) is 19.3 Å². The summed E-state index contributed by atoms with van der Waals surface area (Å²) in [7, 11) is 0. The molecule has 1 aromatic heterocycles. The van der Waals surface area contributed by atoms with Gasteiger partial charge >= 0.3 is 0 Å². The first-order valence-electron chi connectivity index (χ1n) is 9.04. The van der Waals surface area contributed by atoms with Gasteiger partial charge in [-0.3, -0.25) is 14.4 Å². The van der Waals surface area contributed by atoms with Crippen molar-refractivity contribution in [2.24, 2.45) is 5.92 Å². The summed E-state index contributed by atoms with van der Waals surface area (Å²) in [6, 6.07) is 0. The molecule has 4 rings (SSSR count). The summed E-state index contributed by atoms with van der Waals surface area (Å²) in [5.41, 5.74) is 0.798. The molecular formula is C17H23N5O3S. The third-order valence-electron chi connectivity index (χ3n) is 5.39. The summed E-state index contributed by atoms with van der Waals surface area (Å²) in [6.45, 7) is 4.99. The number of carbonyl (C=O) groups is 3. The molecule has 1 aromatic rings. The summed E-state index contributed by atoms with van der Waals surface area (Å²) >= 11 is 1.30. The number of rotatable bonds is 3. The van der Waals surface area contributed by atoms with Crippen LogP contribution in [0, 0.1) is 12.8 Å². The highest BCUT2D eigenvalue weighted by Gasteiger charge is 2.46. The summed E-state index contributed by atoms with van der Waals surface area (Å²) < 4.78 is 0. The predicted molar refractivity (Wildman–Crippen MR) is 95.6 cm³/mol. The number of amides is 3. The first kappa shape index (κ1) is 17.4. The Hall–Kier alpha value is -2.00. The minimum Gasteiger partial charge on any atom is -0.337 e. The SMILES string of the molecule is Cc1csc(C(=O)N2CC(=O)N3CC(=O)N(CC4CCNCC4)CC32)n1. The molecule has 4 heterocycles. The summed E-state index contributed by atoms with van der Waals surface area (Å²) in [5.74, 6) is 0.0775. The molecule has 1 N–H and O–H groups in total. The van der Waals surface area contributed by atoms with Crippen molar-refractivity contribution in [3.63, 3.8) is 0 Å². The summed E-state index contributed by atoms with van der Waals surface area (Å²) in [5, 5.41) is 5.56. The van der Waals surface area contributed by atoms with Gasteiger partial charge in [-0.15, -0.1) is 11.3 Å². The quantitative estimate of drug-likeness (QED) is 0.795. The maximum atomic E-state index is 12.8. The van der Waals surface area contributed by atoms with E-state index in [2.05, 4.69) is 10.3 Å². The Morgan fingerprint density at radius 1 is 1.27 bits per heavy atom. The lowest BCUT2D eigenvalue weighted by molar-refractivity contribution is -0.146. The molecule has 26 heavy (non-hydrogen) atoms. The van der Waals surface area contributed by atoms with E-state index in [0.29, 0.717) is 24.0 Å². The van der Waals surface area contributed by atoms with Crippen LogP contribution in [0.3, 0.4) is 0 Å². The molecule has 3 saturated heterocycles. The van der Waals surface area contributed by atoms with Gasteiger partial charge in [0, 0.05) is 17.6 Å². The molecule has 0 aliphatic carbocycles. The number of aryl methyl sites for hydroxylation is 1. The maximum Gasteiger partial charge on any atom is 0.285 e. The van der Waals surface area contributed by atoms with Crippen LogP contribution >= 0.6 is 11.3 Å². The van der Waals surface area contributed by atoms with Crippen LogP contribution in [0.15, 0.2) is 5.38 Å². The number of nitrogens with one attached hydrogen (secondary N) is 1. The highest BCUT2D eigenvalue weighted by atomic mass is 32.1. The molecule has 1 atom stereocenters. The van der Waals surface area contributed by atoms with Gasteiger partial charge in [-0.25, -0.2) is 4.98 Å². The van der Waals surface area contributed by atoms with E-state index in [-0.39, 0.29) is 37.0 Å². The zero-order chi connectivity index (χ0) is 18.3. The highest BCUT2D eigenvalue weighted by Crippen LogP contribution is 2.26. The molecule has 0 bridgehead atoms. The van der Waals surface area contributed by atoms with Crippen molar-refractivity contribution in [3.8, 4) is 0 Å². The lowest BCUT2D eigenvalue weighted by Gasteiger charge is -2.41. The number of aromatic nitrogens is 1. The van der Waals surface area contributed by atoms with E-state index in [9.17, 15) is 14.4 Å². The van der Waals surface area contributed by atoms with Crippen LogP contribution in [0.1, 0.15) is 28.3 Å². The molecule has 3 aliphatic rings. The van der Waals surface area contributed by atoms with Crippen molar-refractivity contribution in [1.82, 2.24) is 25.0 Å². The number of thiazole rings is 1. The largest absolute Gasteiger partial charge is 0.337 e. The van der Waals surface area contributed by atoms with Gasteiger partial charge in [-0.1, -0.05) is 0 Å². The molecule has 9 heteroatoms. The van der Waals surface area contributed by atoms with Crippen LogP contribution in [-0.4, -0.2) is 82.8 Å². The molecule has 0 saturated carbocycles. The van der Waals surface area contributed by atoms with Crippen molar-refractivity contribution >= 4 is 29.1 Å². The van der Waals surface area contributed by atoms with Crippen LogP contribution in [0.25, 0.3) is 0 Å². The Labute approximate surface area is 156 Å².